The van der Waals surface area contributed by atoms with Crippen molar-refractivity contribution in [2.45, 2.75) is 13.0 Å². The summed E-state index contributed by atoms with van der Waals surface area (Å²) in [5.41, 5.74) is 1.73. The number of benzene rings is 1. The topological polar surface area (TPSA) is 67.7 Å². The number of carbonyl (C=O) groups excluding carboxylic acids is 2. The number of nitrogens with zero attached hydrogens (tertiary/aromatic N) is 4. The van der Waals surface area contributed by atoms with Gasteiger partial charge in [-0.3, -0.25) is 14.5 Å². The lowest BCUT2D eigenvalue weighted by molar-refractivity contribution is -0.137. The highest BCUT2D eigenvalue weighted by atomic mass is 16.2. The lowest BCUT2D eigenvalue weighted by Crippen LogP contribution is -2.50. The van der Waals surface area contributed by atoms with Crippen LogP contribution in [0.4, 0.5) is 0 Å². The fourth-order valence-corrected chi connectivity index (χ4v) is 3.66. The largest absolute Gasteiger partial charge is 0.340 e. The molecule has 2 saturated heterocycles. The molecule has 2 heterocycles. The Labute approximate surface area is 154 Å². The number of carbonyl (C=O) groups is 2. The van der Waals surface area contributed by atoms with Crippen LogP contribution in [-0.2, 0) is 16.1 Å². The van der Waals surface area contributed by atoms with Gasteiger partial charge in [0.25, 0.3) is 0 Å². The van der Waals surface area contributed by atoms with Crippen LogP contribution in [-0.4, -0.2) is 65.8 Å². The number of likely N-dealkylation sites (tertiary alicyclic amines) is 1. The van der Waals surface area contributed by atoms with E-state index in [-0.39, 0.29) is 17.7 Å². The first-order chi connectivity index (χ1) is 12.6. The van der Waals surface area contributed by atoms with Gasteiger partial charge in [0.1, 0.15) is 0 Å². The molecule has 6 heteroatoms. The highest BCUT2D eigenvalue weighted by Crippen LogP contribution is 2.21. The van der Waals surface area contributed by atoms with Gasteiger partial charge in [-0.15, -0.1) is 6.58 Å². The molecule has 6 nitrogen and oxygen atoms in total. The van der Waals surface area contributed by atoms with Crippen molar-refractivity contribution in [1.82, 2.24) is 14.7 Å². The van der Waals surface area contributed by atoms with Gasteiger partial charge in [0.15, 0.2) is 0 Å². The Balaban J connectivity index is 1.52. The van der Waals surface area contributed by atoms with Crippen molar-refractivity contribution in [3.8, 4) is 6.07 Å². The number of amides is 2. The average Bonchev–Trinajstić information content (AvgIpc) is 3.03. The molecular formula is C20H24N4O2. The third-order valence-electron chi connectivity index (χ3n) is 5.13. The maximum Gasteiger partial charge on any atom is 0.228 e. The van der Waals surface area contributed by atoms with Gasteiger partial charge < -0.3 is 9.80 Å². The molecule has 3 rings (SSSR count). The van der Waals surface area contributed by atoms with Crippen molar-refractivity contribution in [2.24, 2.45) is 5.92 Å². The smallest absolute Gasteiger partial charge is 0.228 e. The maximum atomic E-state index is 12.7. The highest BCUT2D eigenvalue weighted by molar-refractivity contribution is 5.89. The molecule has 0 unspecified atom stereocenters. The zero-order chi connectivity index (χ0) is 18.5. The molecule has 1 aromatic rings. The molecule has 0 N–H and O–H groups in total. The van der Waals surface area contributed by atoms with E-state index in [1.165, 1.54) is 0 Å². The Morgan fingerprint density at radius 1 is 1.27 bits per heavy atom. The van der Waals surface area contributed by atoms with Crippen molar-refractivity contribution in [2.75, 3.05) is 39.3 Å². The summed E-state index contributed by atoms with van der Waals surface area (Å²) >= 11 is 0. The predicted octanol–water partition coefficient (Wildman–Crippen LogP) is 1.24. The molecule has 0 radical (unpaired) electrons. The van der Waals surface area contributed by atoms with E-state index in [2.05, 4.69) is 17.5 Å². The molecule has 0 aromatic heterocycles. The Hall–Kier alpha value is -2.65. The Morgan fingerprint density at radius 2 is 2.00 bits per heavy atom. The van der Waals surface area contributed by atoms with Gasteiger partial charge in [-0.05, 0) is 11.6 Å². The SMILES string of the molecule is C=CCN1C[C@H](C(=O)N2CCN(Cc3ccccc3C#N)CC2)CC1=O. The summed E-state index contributed by atoms with van der Waals surface area (Å²) in [7, 11) is 0. The van der Waals surface area contributed by atoms with Crippen molar-refractivity contribution >= 4 is 11.8 Å². The van der Waals surface area contributed by atoms with Crippen molar-refractivity contribution in [3.05, 3.63) is 48.0 Å². The van der Waals surface area contributed by atoms with Crippen LogP contribution in [0.5, 0.6) is 0 Å². The zero-order valence-corrected chi connectivity index (χ0v) is 14.9. The summed E-state index contributed by atoms with van der Waals surface area (Å²) in [5.74, 6) is -0.106. The van der Waals surface area contributed by atoms with Crippen LogP contribution in [0.2, 0.25) is 0 Å². The van der Waals surface area contributed by atoms with Gasteiger partial charge in [-0.25, -0.2) is 0 Å². The van der Waals surface area contributed by atoms with Gasteiger partial charge in [0, 0.05) is 52.2 Å². The second-order valence-electron chi connectivity index (χ2n) is 6.86. The molecule has 136 valence electrons. The van der Waals surface area contributed by atoms with Crippen LogP contribution >= 0.6 is 0 Å². The molecule has 26 heavy (non-hydrogen) atoms. The summed E-state index contributed by atoms with van der Waals surface area (Å²) in [4.78, 5) is 30.5. The van der Waals surface area contributed by atoms with Crippen LogP contribution < -0.4 is 0 Å². The quantitative estimate of drug-likeness (QED) is 0.748. The minimum atomic E-state index is -0.228. The van der Waals surface area contributed by atoms with E-state index in [1.54, 1.807) is 11.0 Å². The summed E-state index contributed by atoms with van der Waals surface area (Å²) < 4.78 is 0. The summed E-state index contributed by atoms with van der Waals surface area (Å²) in [6, 6.07) is 9.87. The maximum absolute atomic E-state index is 12.7. The lowest BCUT2D eigenvalue weighted by Gasteiger charge is -2.36. The Bertz CT molecular complexity index is 732. The molecule has 2 fully saturated rings. The molecule has 1 atom stereocenters. The first kappa shape index (κ1) is 18.2. The van der Waals surface area contributed by atoms with E-state index in [9.17, 15) is 14.9 Å². The van der Waals surface area contributed by atoms with Gasteiger partial charge >= 0.3 is 0 Å². The lowest BCUT2D eigenvalue weighted by atomic mass is 10.1. The van der Waals surface area contributed by atoms with Gasteiger partial charge in [-0.1, -0.05) is 24.3 Å². The fourth-order valence-electron chi connectivity index (χ4n) is 3.66. The normalized spacial score (nSPS) is 20.9. The molecule has 2 aliphatic heterocycles. The summed E-state index contributed by atoms with van der Waals surface area (Å²) in [6.45, 7) is 8.28. The predicted molar refractivity (Wildman–Crippen MR) is 97.9 cm³/mol. The number of hydrogen-bond donors (Lipinski definition) is 0. The second-order valence-corrected chi connectivity index (χ2v) is 6.86. The highest BCUT2D eigenvalue weighted by Gasteiger charge is 2.36. The molecule has 0 aliphatic carbocycles. The van der Waals surface area contributed by atoms with E-state index in [0.29, 0.717) is 38.2 Å². The van der Waals surface area contributed by atoms with Gasteiger partial charge in [-0.2, -0.15) is 5.26 Å². The molecule has 0 bridgehead atoms. The molecule has 2 aliphatic rings. The zero-order valence-electron chi connectivity index (χ0n) is 14.9. The van der Waals surface area contributed by atoms with Crippen LogP contribution in [0.25, 0.3) is 0 Å². The van der Waals surface area contributed by atoms with E-state index in [1.807, 2.05) is 29.2 Å². The summed E-state index contributed by atoms with van der Waals surface area (Å²) in [6.07, 6.45) is 2.00. The number of rotatable bonds is 5. The average molecular weight is 352 g/mol. The second kappa shape index (κ2) is 8.15. The number of piperazine rings is 1. The first-order valence-electron chi connectivity index (χ1n) is 9.00. The third kappa shape index (κ3) is 3.94. The minimum absolute atomic E-state index is 0.0370. The molecule has 2 amide bonds. The van der Waals surface area contributed by atoms with Crippen molar-refractivity contribution < 1.29 is 9.59 Å². The van der Waals surface area contributed by atoms with Crippen LogP contribution in [0, 0.1) is 17.2 Å². The third-order valence-corrected chi connectivity index (χ3v) is 5.13. The van der Waals surface area contributed by atoms with Crippen LogP contribution in [0.3, 0.4) is 0 Å². The van der Waals surface area contributed by atoms with Crippen molar-refractivity contribution in [3.63, 3.8) is 0 Å². The Kier molecular flexibility index (Phi) is 5.69. The van der Waals surface area contributed by atoms with E-state index in [0.717, 1.165) is 25.2 Å². The van der Waals surface area contributed by atoms with Crippen LogP contribution in [0.15, 0.2) is 36.9 Å². The monoisotopic (exact) mass is 352 g/mol. The Morgan fingerprint density at radius 3 is 2.69 bits per heavy atom. The van der Waals surface area contributed by atoms with E-state index in [4.69, 9.17) is 0 Å². The van der Waals surface area contributed by atoms with E-state index >= 15 is 0 Å². The molecule has 0 saturated carbocycles. The van der Waals surface area contributed by atoms with E-state index < -0.39 is 0 Å². The molecular weight excluding hydrogens is 328 g/mol. The minimum Gasteiger partial charge on any atom is -0.340 e. The van der Waals surface area contributed by atoms with Gasteiger partial charge in [0.2, 0.25) is 11.8 Å². The fraction of sp³-hybridized carbons (Fsp3) is 0.450. The summed E-state index contributed by atoms with van der Waals surface area (Å²) in [5, 5.41) is 9.21. The van der Waals surface area contributed by atoms with Gasteiger partial charge in [0.05, 0.1) is 17.6 Å². The number of hydrogen-bond acceptors (Lipinski definition) is 4. The van der Waals surface area contributed by atoms with Crippen LogP contribution in [0.1, 0.15) is 17.5 Å². The van der Waals surface area contributed by atoms with Crippen molar-refractivity contribution in [1.29, 1.82) is 5.26 Å². The first-order valence-corrected chi connectivity index (χ1v) is 9.00. The standard InChI is InChI=1S/C20H24N4O2/c1-2-7-24-15-18(12-19(24)25)20(26)23-10-8-22(9-11-23)14-17-6-4-3-5-16(17)13-21/h2-6,18H,1,7-12,14-15H2/t18-/m1/s1. The number of nitriles is 1. The molecule has 1 aromatic carbocycles. The molecule has 0 spiro atoms.